The van der Waals surface area contributed by atoms with E-state index in [1.165, 1.54) is 4.90 Å². The number of nitrogens with zero attached hydrogens (tertiary/aromatic N) is 1. The number of amides is 1. The molecule has 1 unspecified atom stereocenters. The maximum Gasteiger partial charge on any atom is 0.307 e. The molecule has 98 valence electrons. The number of halogens is 3. The normalized spacial score (nSPS) is 20.5. The lowest BCUT2D eigenvalue weighted by atomic mass is 10.3. The van der Waals surface area contributed by atoms with Crippen molar-refractivity contribution in [2.24, 2.45) is 0 Å². The number of hydrogen-bond acceptors (Lipinski definition) is 3. The van der Waals surface area contributed by atoms with Crippen LogP contribution in [0.15, 0.2) is 22.7 Å². The summed E-state index contributed by atoms with van der Waals surface area (Å²) >= 11 is 5.35. The van der Waals surface area contributed by atoms with Gasteiger partial charge in [-0.2, -0.15) is 8.42 Å². The molecule has 0 radical (unpaired) electrons. The van der Waals surface area contributed by atoms with Crippen molar-refractivity contribution in [1.29, 1.82) is 0 Å². The van der Waals surface area contributed by atoms with Gasteiger partial charge in [-0.3, -0.25) is 4.79 Å². The van der Waals surface area contributed by atoms with Gasteiger partial charge in [0.15, 0.2) is 0 Å². The molecule has 0 spiro atoms. The van der Waals surface area contributed by atoms with E-state index in [0.717, 1.165) is 8.04 Å². The minimum Gasteiger partial charge on any atom is -0.310 e. The predicted octanol–water partition coefficient (Wildman–Crippen LogP) is 2.46. The summed E-state index contributed by atoms with van der Waals surface area (Å²) in [7, 11) is -4.67. The average molecular weight is 448 g/mol. The number of anilines is 1. The number of carbonyl (C=O) groups is 1. The van der Waals surface area contributed by atoms with Crippen LogP contribution in [0.25, 0.3) is 0 Å². The molecule has 0 N–H and O–H groups in total. The molecule has 1 fully saturated rings. The summed E-state index contributed by atoms with van der Waals surface area (Å²) in [6.45, 7) is -0.130. The molecular formula is C10H8BrFINO3S. The van der Waals surface area contributed by atoms with Crippen molar-refractivity contribution >= 4 is 60.3 Å². The average Bonchev–Trinajstić information content (AvgIpc) is 2.60. The first-order valence-corrected chi connectivity index (χ1v) is 8.30. The van der Waals surface area contributed by atoms with Crippen LogP contribution in [0, 0.1) is 3.57 Å². The molecule has 1 aliphatic rings. The molecule has 1 amide bonds. The highest BCUT2D eigenvalue weighted by Crippen LogP contribution is 2.31. The molecule has 18 heavy (non-hydrogen) atoms. The Hall–Kier alpha value is -0.220. The molecule has 1 saturated heterocycles. The Kier molecular flexibility index (Phi) is 3.98. The quantitative estimate of drug-likeness (QED) is 0.517. The van der Waals surface area contributed by atoms with Crippen LogP contribution in [-0.4, -0.2) is 26.1 Å². The first kappa shape index (κ1) is 14.2. The van der Waals surface area contributed by atoms with Crippen LogP contribution in [0.2, 0.25) is 0 Å². The summed E-state index contributed by atoms with van der Waals surface area (Å²) in [5.74, 6) is -0.374. The Balaban J connectivity index is 2.33. The molecule has 0 aliphatic carbocycles. The zero-order chi connectivity index (χ0) is 13.5. The summed E-state index contributed by atoms with van der Waals surface area (Å²) in [6.07, 6.45) is -0.301. The fourth-order valence-electron chi connectivity index (χ4n) is 1.80. The fraction of sp³-hybridized carbons (Fsp3) is 0.300. The molecule has 8 heteroatoms. The summed E-state index contributed by atoms with van der Waals surface area (Å²) in [6, 6.07) is 5.26. The molecule has 1 atom stereocenters. The summed E-state index contributed by atoms with van der Waals surface area (Å²) in [4.78, 5) is 13.1. The summed E-state index contributed by atoms with van der Waals surface area (Å²) < 4.78 is 36.2. The molecule has 0 aromatic heterocycles. The van der Waals surface area contributed by atoms with Crippen LogP contribution < -0.4 is 4.90 Å². The highest BCUT2D eigenvalue weighted by molar-refractivity contribution is 14.1. The molecule has 1 heterocycles. The number of hydrogen-bond donors (Lipinski definition) is 0. The Labute approximate surface area is 126 Å². The topological polar surface area (TPSA) is 54.5 Å². The third-order valence-corrected chi connectivity index (χ3v) is 5.16. The van der Waals surface area contributed by atoms with Gasteiger partial charge in [-0.1, -0.05) is 15.9 Å². The van der Waals surface area contributed by atoms with E-state index in [9.17, 15) is 17.1 Å². The van der Waals surface area contributed by atoms with Crippen molar-refractivity contribution in [2.45, 2.75) is 11.7 Å². The molecule has 0 bridgehead atoms. The lowest BCUT2D eigenvalue weighted by molar-refractivity contribution is -0.117. The molecule has 1 aromatic carbocycles. The van der Waals surface area contributed by atoms with E-state index >= 15 is 0 Å². The van der Waals surface area contributed by atoms with Crippen molar-refractivity contribution in [3.8, 4) is 0 Å². The third kappa shape index (κ3) is 2.85. The molecule has 1 aliphatic heterocycles. The zero-order valence-corrected chi connectivity index (χ0v) is 13.5. The Morgan fingerprint density at radius 2 is 2.11 bits per heavy atom. The second kappa shape index (κ2) is 5.04. The van der Waals surface area contributed by atoms with Gasteiger partial charge in [-0.15, -0.1) is 3.89 Å². The van der Waals surface area contributed by atoms with Gasteiger partial charge in [0.05, 0.1) is 5.69 Å². The van der Waals surface area contributed by atoms with Gasteiger partial charge in [0.1, 0.15) is 5.25 Å². The summed E-state index contributed by atoms with van der Waals surface area (Å²) in [5, 5.41) is -1.26. The van der Waals surface area contributed by atoms with E-state index in [1.54, 1.807) is 18.2 Å². The SMILES string of the molecule is O=C1CC(S(=O)(=O)F)CN1c1ccc(Br)cc1I. The lowest BCUT2D eigenvalue weighted by Gasteiger charge is -2.17. The van der Waals surface area contributed by atoms with Crippen LogP contribution >= 0.6 is 38.5 Å². The van der Waals surface area contributed by atoms with Gasteiger partial charge in [0, 0.05) is 21.0 Å². The van der Waals surface area contributed by atoms with Gasteiger partial charge >= 0.3 is 10.2 Å². The third-order valence-electron chi connectivity index (χ3n) is 2.69. The lowest BCUT2D eigenvalue weighted by Crippen LogP contribution is -2.27. The van der Waals surface area contributed by atoms with E-state index in [1.807, 2.05) is 22.6 Å². The Bertz CT molecular complexity index is 607. The standard InChI is InChI=1S/C10H8BrFINO3S/c11-6-1-2-9(8(13)3-6)14-5-7(4-10(14)15)18(12,16)17/h1-3,7H,4-5H2. The second-order valence-corrected chi connectivity index (χ2v) is 7.60. The van der Waals surface area contributed by atoms with E-state index in [4.69, 9.17) is 0 Å². The van der Waals surface area contributed by atoms with Gasteiger partial charge in [0.25, 0.3) is 0 Å². The second-order valence-electron chi connectivity index (χ2n) is 3.90. The van der Waals surface area contributed by atoms with E-state index in [2.05, 4.69) is 15.9 Å². The van der Waals surface area contributed by atoms with Crippen LogP contribution in [0.1, 0.15) is 6.42 Å². The maximum atomic E-state index is 12.9. The number of carbonyl (C=O) groups excluding carboxylic acids is 1. The highest BCUT2D eigenvalue weighted by atomic mass is 127. The Morgan fingerprint density at radius 3 is 2.61 bits per heavy atom. The monoisotopic (exact) mass is 447 g/mol. The number of benzene rings is 1. The van der Waals surface area contributed by atoms with E-state index in [-0.39, 0.29) is 18.9 Å². The van der Waals surface area contributed by atoms with Crippen LogP contribution in [0.5, 0.6) is 0 Å². The van der Waals surface area contributed by atoms with Crippen molar-refractivity contribution in [2.75, 3.05) is 11.4 Å². The number of rotatable bonds is 2. The maximum absolute atomic E-state index is 12.9. The fourth-order valence-corrected chi connectivity index (χ4v) is 4.06. The van der Waals surface area contributed by atoms with Gasteiger partial charge < -0.3 is 4.90 Å². The van der Waals surface area contributed by atoms with E-state index in [0.29, 0.717) is 5.69 Å². The van der Waals surface area contributed by atoms with Crippen molar-refractivity contribution in [3.63, 3.8) is 0 Å². The van der Waals surface area contributed by atoms with Gasteiger partial charge in [0.2, 0.25) is 5.91 Å². The molecule has 2 rings (SSSR count). The first-order chi connectivity index (χ1) is 8.29. The molecule has 1 aromatic rings. The predicted molar refractivity (Wildman–Crippen MR) is 77.6 cm³/mol. The largest absolute Gasteiger partial charge is 0.310 e. The zero-order valence-electron chi connectivity index (χ0n) is 8.94. The van der Waals surface area contributed by atoms with E-state index < -0.39 is 15.5 Å². The molecule has 0 saturated carbocycles. The van der Waals surface area contributed by atoms with Gasteiger partial charge in [-0.05, 0) is 40.8 Å². The first-order valence-electron chi connectivity index (χ1n) is 4.98. The minimum absolute atomic E-state index is 0.130. The smallest absolute Gasteiger partial charge is 0.307 e. The van der Waals surface area contributed by atoms with Crippen molar-refractivity contribution in [1.82, 2.24) is 0 Å². The Morgan fingerprint density at radius 1 is 1.44 bits per heavy atom. The molecular weight excluding hydrogens is 440 g/mol. The minimum atomic E-state index is -4.67. The van der Waals surface area contributed by atoms with Gasteiger partial charge in [-0.25, -0.2) is 0 Å². The summed E-state index contributed by atoms with van der Waals surface area (Å²) in [5.41, 5.74) is 0.606. The highest BCUT2D eigenvalue weighted by Gasteiger charge is 2.39. The van der Waals surface area contributed by atoms with Crippen LogP contribution in [-0.2, 0) is 15.0 Å². The van der Waals surface area contributed by atoms with Crippen LogP contribution in [0.4, 0.5) is 9.57 Å². The van der Waals surface area contributed by atoms with Crippen molar-refractivity contribution < 1.29 is 17.1 Å². The molecule has 4 nitrogen and oxygen atoms in total. The van der Waals surface area contributed by atoms with Crippen molar-refractivity contribution in [3.05, 3.63) is 26.2 Å². The van der Waals surface area contributed by atoms with Crippen LogP contribution in [0.3, 0.4) is 0 Å².